The molecule has 41 heavy (non-hydrogen) atoms. The van der Waals surface area contributed by atoms with Gasteiger partial charge in [0.2, 0.25) is 15.9 Å². The summed E-state index contributed by atoms with van der Waals surface area (Å²) < 4.78 is 68.2. The van der Waals surface area contributed by atoms with Crippen LogP contribution in [0.4, 0.5) is 8.78 Å². The van der Waals surface area contributed by atoms with Crippen molar-refractivity contribution in [2.24, 2.45) is 5.92 Å². The molecule has 4 atom stereocenters. The number of sulfonamides is 1. The Morgan fingerprint density at radius 3 is 2.29 bits per heavy atom. The zero-order valence-electron chi connectivity index (χ0n) is 23.3. The molecule has 2 aliphatic rings. The van der Waals surface area contributed by atoms with Crippen molar-refractivity contribution in [1.82, 2.24) is 9.62 Å². The number of halogens is 3. The Hall–Kier alpha value is -2.56. The lowest BCUT2D eigenvalue weighted by atomic mass is 9.91. The number of hydrogen-bond donors (Lipinski definition) is 1. The van der Waals surface area contributed by atoms with Gasteiger partial charge in [-0.15, -0.1) is 0 Å². The van der Waals surface area contributed by atoms with E-state index in [0.717, 1.165) is 37.5 Å². The van der Waals surface area contributed by atoms with Crippen LogP contribution in [-0.4, -0.2) is 43.5 Å². The van der Waals surface area contributed by atoms with Crippen LogP contribution >= 0.6 is 15.9 Å². The summed E-state index contributed by atoms with van der Waals surface area (Å²) in [6, 6.07) is 12.4. The largest absolute Gasteiger partial charge is 0.491 e. The lowest BCUT2D eigenvalue weighted by Gasteiger charge is -2.41. The van der Waals surface area contributed by atoms with Gasteiger partial charge in [-0.05, 0) is 92.1 Å². The molecular weight excluding hydrogens is 614 g/mol. The Morgan fingerprint density at radius 2 is 1.66 bits per heavy atom. The van der Waals surface area contributed by atoms with Crippen molar-refractivity contribution in [2.75, 3.05) is 0 Å². The number of nitrogens with zero attached hydrogens (tertiary/aromatic N) is 1. The van der Waals surface area contributed by atoms with E-state index in [1.165, 1.54) is 41.3 Å². The van der Waals surface area contributed by atoms with Crippen molar-refractivity contribution in [3.8, 4) is 5.75 Å². The van der Waals surface area contributed by atoms with E-state index in [9.17, 15) is 13.2 Å². The second-order valence-electron chi connectivity index (χ2n) is 11.4. The van der Waals surface area contributed by atoms with Crippen molar-refractivity contribution in [3.63, 3.8) is 0 Å². The second kappa shape index (κ2) is 11.6. The lowest BCUT2D eigenvalue weighted by molar-refractivity contribution is -0.149. The summed E-state index contributed by atoms with van der Waals surface area (Å²) in [6.07, 6.45) is 3.77. The van der Waals surface area contributed by atoms with E-state index >= 15 is 8.78 Å². The average molecular weight is 650 g/mol. The normalized spacial score (nSPS) is 22.5. The molecule has 10 heteroatoms. The van der Waals surface area contributed by atoms with Gasteiger partial charge in [-0.25, -0.2) is 8.42 Å². The number of hydrogen-bond acceptors (Lipinski definition) is 4. The summed E-state index contributed by atoms with van der Waals surface area (Å²) in [4.78, 5) is 15.3. The topological polar surface area (TPSA) is 75.7 Å². The highest BCUT2D eigenvalue weighted by Gasteiger charge is 2.53. The van der Waals surface area contributed by atoms with Crippen molar-refractivity contribution in [3.05, 3.63) is 70.7 Å². The third-order valence-corrected chi connectivity index (χ3v) is 10.3. The molecule has 2 bridgehead atoms. The van der Waals surface area contributed by atoms with E-state index in [4.69, 9.17) is 4.74 Å². The quantitative estimate of drug-likeness (QED) is 0.271. The van der Waals surface area contributed by atoms with Crippen molar-refractivity contribution in [2.45, 2.75) is 87.9 Å². The summed E-state index contributed by atoms with van der Waals surface area (Å²) in [5.74, 6) is -3.64. The number of carbonyl (C=O) groups is 1. The molecule has 0 radical (unpaired) electrons. The predicted molar refractivity (Wildman–Crippen MR) is 159 cm³/mol. The molecule has 2 heterocycles. The number of piperidine rings is 1. The second-order valence-corrected chi connectivity index (χ2v) is 14.0. The first-order valence-electron chi connectivity index (χ1n) is 14.1. The summed E-state index contributed by atoms with van der Waals surface area (Å²) in [5.41, 5.74) is -0.438. The molecule has 2 fully saturated rings. The Morgan fingerprint density at radius 1 is 1.05 bits per heavy atom. The molecule has 0 spiro atoms. The number of rotatable bonds is 9. The van der Waals surface area contributed by atoms with E-state index in [-0.39, 0.29) is 23.1 Å². The van der Waals surface area contributed by atoms with Gasteiger partial charge in [0.25, 0.3) is 5.92 Å². The molecule has 6 nitrogen and oxygen atoms in total. The third-order valence-electron chi connectivity index (χ3n) is 8.34. The van der Waals surface area contributed by atoms with Crippen LogP contribution in [0.25, 0.3) is 10.8 Å². The molecule has 2 aliphatic heterocycles. The molecule has 0 saturated carbocycles. The van der Waals surface area contributed by atoms with Crippen LogP contribution in [0.1, 0.15) is 58.4 Å². The van der Waals surface area contributed by atoms with Crippen molar-refractivity contribution in [1.29, 1.82) is 0 Å². The minimum absolute atomic E-state index is 0.0246. The van der Waals surface area contributed by atoms with Crippen LogP contribution < -0.4 is 9.46 Å². The van der Waals surface area contributed by atoms with Gasteiger partial charge < -0.3 is 9.64 Å². The maximum Gasteiger partial charge on any atom is 0.298 e. The molecule has 4 unspecified atom stereocenters. The van der Waals surface area contributed by atoms with Gasteiger partial charge in [-0.2, -0.15) is 13.5 Å². The van der Waals surface area contributed by atoms with Crippen LogP contribution in [0.3, 0.4) is 0 Å². The maximum absolute atomic E-state index is 16.2. The summed E-state index contributed by atoms with van der Waals surface area (Å²) in [5, 5.41) is 1.35. The monoisotopic (exact) mass is 648 g/mol. The Balaban J connectivity index is 1.49. The van der Waals surface area contributed by atoms with E-state index in [1.807, 2.05) is 19.9 Å². The van der Waals surface area contributed by atoms with Crippen LogP contribution in [0.15, 0.2) is 70.0 Å². The number of ether oxygens (including phenoxy) is 1. The minimum Gasteiger partial charge on any atom is -0.491 e. The van der Waals surface area contributed by atoms with Gasteiger partial charge >= 0.3 is 0 Å². The number of alkyl halides is 2. The van der Waals surface area contributed by atoms with Gasteiger partial charge in [0, 0.05) is 22.1 Å². The fourth-order valence-corrected chi connectivity index (χ4v) is 7.55. The van der Waals surface area contributed by atoms with Crippen molar-refractivity contribution < 1.29 is 26.7 Å². The van der Waals surface area contributed by atoms with E-state index < -0.39 is 33.5 Å². The van der Waals surface area contributed by atoms with Gasteiger partial charge in [0.05, 0.1) is 11.0 Å². The summed E-state index contributed by atoms with van der Waals surface area (Å²) in [7, 11) is -4.51. The fourth-order valence-electron chi connectivity index (χ4n) is 6.06. The predicted octanol–water partition coefficient (Wildman–Crippen LogP) is 7.01. The molecule has 0 aliphatic carbocycles. The van der Waals surface area contributed by atoms with Gasteiger partial charge in [0.15, 0.2) is 6.04 Å². The molecule has 5 rings (SSSR count). The Kier molecular flexibility index (Phi) is 8.47. The first-order valence-corrected chi connectivity index (χ1v) is 16.4. The Labute approximate surface area is 248 Å². The smallest absolute Gasteiger partial charge is 0.298 e. The minimum atomic E-state index is -4.51. The zero-order valence-corrected chi connectivity index (χ0v) is 25.7. The number of carbonyl (C=O) groups excluding carboxylic acids is 1. The number of nitrogens with one attached hydrogen (secondary N) is 1. The Bertz CT molecular complexity index is 1520. The highest BCUT2D eigenvalue weighted by molar-refractivity contribution is 9.10. The number of fused-ring (bicyclic) bond motifs is 3. The summed E-state index contributed by atoms with van der Waals surface area (Å²) >= 11 is 3.25. The average Bonchev–Trinajstić information content (AvgIpc) is 3.21. The molecular formula is C31H35BrF2N2O4S. The van der Waals surface area contributed by atoms with Crippen LogP contribution in [0, 0.1) is 5.92 Å². The molecule has 0 aromatic heterocycles. The lowest BCUT2D eigenvalue weighted by Crippen LogP contribution is -2.59. The molecule has 3 aromatic rings. The first-order chi connectivity index (χ1) is 19.4. The summed E-state index contributed by atoms with van der Waals surface area (Å²) in [6.45, 7) is 6.08. The fraction of sp³-hybridized carbons (Fsp3) is 0.452. The highest BCUT2D eigenvalue weighted by Crippen LogP contribution is 2.42. The van der Waals surface area contributed by atoms with Crippen LogP contribution in [0.5, 0.6) is 5.75 Å². The van der Waals surface area contributed by atoms with Gasteiger partial charge in [-0.3, -0.25) is 4.79 Å². The first kappa shape index (κ1) is 29.9. The molecule has 3 aromatic carbocycles. The number of amides is 1. The SMILES string of the molecule is CCC(C)Oc1ccc2cc(S(=O)(=O)NC(C(=O)N3C4CCC3CC(C)C4)C(F)(F)c3ccc(Br)cc3)ccc2c1. The van der Waals surface area contributed by atoms with Gasteiger partial charge in [-0.1, -0.05) is 54.0 Å². The van der Waals surface area contributed by atoms with E-state index in [0.29, 0.717) is 21.5 Å². The third kappa shape index (κ3) is 6.15. The molecule has 1 amide bonds. The zero-order chi connectivity index (χ0) is 29.5. The molecule has 2 saturated heterocycles. The number of benzene rings is 3. The van der Waals surface area contributed by atoms with Crippen LogP contribution in [0.2, 0.25) is 0 Å². The van der Waals surface area contributed by atoms with Crippen molar-refractivity contribution >= 4 is 42.6 Å². The maximum atomic E-state index is 16.2. The van der Waals surface area contributed by atoms with E-state index in [2.05, 4.69) is 27.6 Å². The standard InChI is InChI=1S/C31H35BrF2N2O4S/c1-4-20(3)40-27-13-5-22-18-28(14-6-21(22)17-27)41(38,39)35-29(31(33,34)23-7-9-24(32)10-8-23)30(37)36-25-11-12-26(36)16-19(2)15-25/h5-10,13-14,17-20,25-26,29,35H,4,11-12,15-16H2,1-3H3. The van der Waals surface area contributed by atoms with E-state index in [1.54, 1.807) is 18.2 Å². The molecule has 1 N–H and O–H groups in total. The van der Waals surface area contributed by atoms with Gasteiger partial charge in [0.1, 0.15) is 5.75 Å². The van der Waals surface area contributed by atoms with Crippen LogP contribution in [-0.2, 0) is 20.7 Å². The highest BCUT2D eigenvalue weighted by atomic mass is 79.9. The molecule has 220 valence electrons.